The second kappa shape index (κ2) is 14.9. The highest BCUT2D eigenvalue weighted by atomic mass is 16.6. The third-order valence-corrected chi connectivity index (χ3v) is 6.64. The summed E-state index contributed by atoms with van der Waals surface area (Å²) in [4.78, 5) is 50.7. The molecule has 0 bridgehead atoms. The van der Waals surface area contributed by atoms with Crippen molar-refractivity contribution in [3.63, 3.8) is 0 Å². The van der Waals surface area contributed by atoms with Gasteiger partial charge in [0.2, 0.25) is 0 Å². The van der Waals surface area contributed by atoms with Crippen molar-refractivity contribution in [2.45, 2.75) is 65.2 Å². The molecule has 3 rings (SSSR count). The summed E-state index contributed by atoms with van der Waals surface area (Å²) in [6.45, 7) is 4.34. The number of unbranched alkanes of at least 4 members (excludes halogenated alkanes) is 2. The fraction of sp³-hybridized carbons (Fsp3) is 0.467. The van der Waals surface area contributed by atoms with E-state index in [-0.39, 0.29) is 47.3 Å². The van der Waals surface area contributed by atoms with Crippen molar-refractivity contribution < 1.29 is 48.3 Å². The van der Waals surface area contributed by atoms with E-state index in [4.69, 9.17) is 18.9 Å². The molecule has 0 spiro atoms. The van der Waals surface area contributed by atoms with Gasteiger partial charge in [-0.1, -0.05) is 26.7 Å². The van der Waals surface area contributed by atoms with Crippen LogP contribution in [0.5, 0.6) is 23.0 Å². The van der Waals surface area contributed by atoms with Gasteiger partial charge in [-0.3, -0.25) is 9.59 Å². The van der Waals surface area contributed by atoms with Crippen molar-refractivity contribution in [2.75, 3.05) is 13.2 Å². The molecule has 0 amide bonds. The van der Waals surface area contributed by atoms with Gasteiger partial charge in [-0.05, 0) is 74.9 Å². The van der Waals surface area contributed by atoms with Gasteiger partial charge in [-0.25, -0.2) is 9.59 Å². The van der Waals surface area contributed by atoms with Crippen LogP contribution in [0.2, 0.25) is 0 Å². The second-order valence-electron chi connectivity index (χ2n) is 9.73. The Bertz CT molecular complexity index is 1100. The van der Waals surface area contributed by atoms with Gasteiger partial charge in [0.15, 0.2) is 0 Å². The molecule has 0 saturated heterocycles. The molecule has 2 aromatic carbocycles. The Morgan fingerprint density at radius 3 is 1.40 bits per heavy atom. The Balaban J connectivity index is 1.58. The summed E-state index contributed by atoms with van der Waals surface area (Å²) >= 11 is 0. The van der Waals surface area contributed by atoms with E-state index in [0.29, 0.717) is 38.5 Å². The maximum absolute atomic E-state index is 12.9. The van der Waals surface area contributed by atoms with Crippen LogP contribution in [0, 0.1) is 11.8 Å². The molecule has 10 heteroatoms. The monoisotopic (exact) mass is 556 g/mol. The van der Waals surface area contributed by atoms with Crippen molar-refractivity contribution in [1.82, 2.24) is 0 Å². The van der Waals surface area contributed by atoms with Crippen molar-refractivity contribution >= 4 is 23.9 Å². The molecule has 40 heavy (non-hydrogen) atoms. The van der Waals surface area contributed by atoms with Gasteiger partial charge in [-0.2, -0.15) is 0 Å². The van der Waals surface area contributed by atoms with Crippen LogP contribution in [0.25, 0.3) is 0 Å². The first-order valence-corrected chi connectivity index (χ1v) is 13.7. The summed E-state index contributed by atoms with van der Waals surface area (Å²) in [5, 5.41) is 19.6. The van der Waals surface area contributed by atoms with Crippen LogP contribution in [-0.2, 0) is 19.1 Å². The highest BCUT2D eigenvalue weighted by Gasteiger charge is 2.33. The van der Waals surface area contributed by atoms with Crippen LogP contribution >= 0.6 is 0 Å². The topological polar surface area (TPSA) is 146 Å². The lowest BCUT2D eigenvalue weighted by atomic mass is 9.82. The Morgan fingerprint density at radius 1 is 0.675 bits per heavy atom. The number of phenolic OH excluding ortho intramolecular Hbond substituents is 2. The van der Waals surface area contributed by atoms with Crippen molar-refractivity contribution in [2.24, 2.45) is 11.8 Å². The molecule has 10 nitrogen and oxygen atoms in total. The van der Waals surface area contributed by atoms with Crippen LogP contribution in [0.4, 0.5) is 0 Å². The fourth-order valence-electron chi connectivity index (χ4n) is 4.26. The maximum atomic E-state index is 12.9. The molecule has 1 aliphatic rings. The molecule has 0 radical (unpaired) electrons. The average molecular weight is 557 g/mol. The number of rotatable bonds is 12. The van der Waals surface area contributed by atoms with Crippen LogP contribution < -0.4 is 9.47 Å². The maximum Gasteiger partial charge on any atom is 0.342 e. The number of aromatic hydroxyl groups is 2. The minimum atomic E-state index is -0.693. The average Bonchev–Trinajstić information content (AvgIpc) is 2.95. The summed E-state index contributed by atoms with van der Waals surface area (Å²) < 4.78 is 21.4. The lowest BCUT2D eigenvalue weighted by Crippen LogP contribution is -2.31. The largest absolute Gasteiger partial charge is 0.508 e. The molecule has 2 N–H and O–H groups in total. The number of carbonyl (C=O) groups is 4. The van der Waals surface area contributed by atoms with Gasteiger partial charge in [-0.15, -0.1) is 0 Å². The van der Waals surface area contributed by atoms with Crippen LogP contribution in [-0.4, -0.2) is 47.3 Å². The molecule has 216 valence electrons. The molecule has 1 fully saturated rings. The second-order valence-corrected chi connectivity index (χ2v) is 9.73. The first kappa shape index (κ1) is 30.5. The molecular formula is C30H36O10. The van der Waals surface area contributed by atoms with Gasteiger partial charge < -0.3 is 29.2 Å². The Morgan fingerprint density at radius 2 is 1.05 bits per heavy atom. The number of hydrogen-bond donors (Lipinski definition) is 2. The first-order chi connectivity index (χ1) is 19.2. The van der Waals surface area contributed by atoms with E-state index in [2.05, 4.69) is 0 Å². The van der Waals surface area contributed by atoms with Crippen LogP contribution in [0.3, 0.4) is 0 Å². The first-order valence-electron chi connectivity index (χ1n) is 13.7. The van der Waals surface area contributed by atoms with E-state index in [1.165, 1.54) is 36.4 Å². The van der Waals surface area contributed by atoms with Gasteiger partial charge in [0.25, 0.3) is 0 Å². The molecule has 0 aliphatic heterocycles. The van der Waals surface area contributed by atoms with Crippen molar-refractivity contribution in [3.05, 3.63) is 47.5 Å². The van der Waals surface area contributed by atoms with E-state index in [1.54, 1.807) is 0 Å². The molecule has 0 unspecified atom stereocenters. The molecule has 1 aliphatic carbocycles. The summed E-state index contributed by atoms with van der Waals surface area (Å²) in [6.07, 6.45) is 4.47. The normalized spacial score (nSPS) is 16.6. The van der Waals surface area contributed by atoms with E-state index in [9.17, 15) is 29.4 Å². The molecule has 0 heterocycles. The summed E-state index contributed by atoms with van der Waals surface area (Å²) in [5.41, 5.74) is -0.0840. The SMILES string of the molecule is CCCCOC(=O)c1cc(O)ccc1OC(=O)C1CCC(C(=O)Oc2ccc(O)cc2C(=O)OCCCC)CC1. The van der Waals surface area contributed by atoms with Gasteiger partial charge in [0.05, 0.1) is 25.0 Å². The molecule has 0 atom stereocenters. The summed E-state index contributed by atoms with van der Waals surface area (Å²) in [7, 11) is 0. The predicted molar refractivity (Wildman–Crippen MR) is 143 cm³/mol. The zero-order valence-corrected chi connectivity index (χ0v) is 22.9. The van der Waals surface area contributed by atoms with Crippen LogP contribution in [0.15, 0.2) is 36.4 Å². The zero-order chi connectivity index (χ0) is 29.1. The standard InChI is InChI=1S/C30H36O10/c1-3-5-15-37-29(35)23-17-21(31)11-13-25(23)39-27(33)19-7-9-20(10-8-19)28(34)40-26-14-12-22(32)18-24(26)30(36)38-16-6-4-2/h11-14,17-20,31-32H,3-10,15-16H2,1-2H3. The Kier molecular flexibility index (Phi) is 11.4. The third-order valence-electron chi connectivity index (χ3n) is 6.64. The molecule has 0 aromatic heterocycles. The Labute approximate surface area is 233 Å². The quantitative estimate of drug-likeness (QED) is 0.200. The third kappa shape index (κ3) is 8.46. The van der Waals surface area contributed by atoms with Gasteiger partial charge >= 0.3 is 23.9 Å². The number of hydrogen-bond acceptors (Lipinski definition) is 10. The number of benzene rings is 2. The number of carbonyl (C=O) groups excluding carboxylic acids is 4. The zero-order valence-electron chi connectivity index (χ0n) is 22.9. The lowest BCUT2D eigenvalue weighted by molar-refractivity contribution is -0.145. The van der Waals surface area contributed by atoms with E-state index in [0.717, 1.165) is 12.8 Å². The fourth-order valence-corrected chi connectivity index (χ4v) is 4.26. The van der Waals surface area contributed by atoms with E-state index >= 15 is 0 Å². The summed E-state index contributed by atoms with van der Waals surface area (Å²) in [6, 6.07) is 7.71. The van der Waals surface area contributed by atoms with Crippen molar-refractivity contribution in [3.8, 4) is 23.0 Å². The summed E-state index contributed by atoms with van der Waals surface area (Å²) in [5.74, 6) is -3.80. The van der Waals surface area contributed by atoms with Crippen molar-refractivity contribution in [1.29, 1.82) is 0 Å². The number of phenols is 2. The highest BCUT2D eigenvalue weighted by molar-refractivity contribution is 5.95. The number of esters is 4. The van der Waals surface area contributed by atoms with Crippen LogP contribution in [0.1, 0.15) is 85.9 Å². The minimum Gasteiger partial charge on any atom is -0.508 e. The predicted octanol–water partition coefficient (Wildman–Crippen LogP) is 5.33. The number of ether oxygens (including phenoxy) is 4. The van der Waals surface area contributed by atoms with E-state index in [1.807, 2.05) is 13.8 Å². The van der Waals surface area contributed by atoms with Gasteiger partial charge in [0, 0.05) is 0 Å². The Hall–Kier alpha value is -4.08. The molecule has 2 aromatic rings. The molecular weight excluding hydrogens is 520 g/mol. The lowest BCUT2D eigenvalue weighted by Gasteiger charge is -2.26. The van der Waals surface area contributed by atoms with E-state index < -0.39 is 35.7 Å². The molecule has 1 saturated carbocycles. The minimum absolute atomic E-state index is 0.00323. The van der Waals surface area contributed by atoms with Gasteiger partial charge in [0.1, 0.15) is 34.1 Å². The smallest absolute Gasteiger partial charge is 0.342 e. The highest BCUT2D eigenvalue weighted by Crippen LogP contribution is 2.33.